The Morgan fingerprint density at radius 2 is 1.75 bits per heavy atom. The van der Waals surface area contributed by atoms with Gasteiger partial charge in [-0.15, -0.1) is 0 Å². The smallest absolute Gasteiger partial charge is 0.195 e. The van der Waals surface area contributed by atoms with E-state index in [1.165, 1.54) is 0 Å². The minimum Gasteiger partial charge on any atom is -0.398 e. The quantitative estimate of drug-likeness (QED) is 0.560. The van der Waals surface area contributed by atoms with Crippen molar-refractivity contribution in [2.24, 2.45) is 0 Å². The molecule has 3 heteroatoms. The van der Waals surface area contributed by atoms with Crippen LogP contribution in [0.2, 0.25) is 0 Å². The molecule has 0 saturated carbocycles. The normalized spacial score (nSPS) is 10.7. The van der Waals surface area contributed by atoms with Crippen molar-refractivity contribution in [2.45, 2.75) is 0 Å². The van der Waals surface area contributed by atoms with Gasteiger partial charge in [0, 0.05) is 21.0 Å². The first kappa shape index (κ1) is 12.9. The zero-order valence-electron chi connectivity index (χ0n) is 10.6. The Kier molecular flexibility index (Phi) is 3.28. The predicted octanol–water partition coefficient (Wildman–Crippen LogP) is 4.42. The molecule has 0 unspecified atom stereocenters. The van der Waals surface area contributed by atoms with Crippen LogP contribution in [0, 0.1) is 0 Å². The number of anilines is 1. The Morgan fingerprint density at radius 1 is 0.950 bits per heavy atom. The van der Waals surface area contributed by atoms with Gasteiger partial charge < -0.3 is 5.73 Å². The van der Waals surface area contributed by atoms with Crippen LogP contribution in [-0.4, -0.2) is 5.78 Å². The zero-order chi connectivity index (χ0) is 14.1. The van der Waals surface area contributed by atoms with Gasteiger partial charge in [-0.3, -0.25) is 4.79 Å². The van der Waals surface area contributed by atoms with Crippen molar-refractivity contribution in [1.29, 1.82) is 0 Å². The minimum atomic E-state index is -0.0606. The maximum Gasteiger partial charge on any atom is 0.195 e. The van der Waals surface area contributed by atoms with Gasteiger partial charge in [0.15, 0.2) is 5.78 Å². The first-order valence-corrected chi connectivity index (χ1v) is 7.03. The summed E-state index contributed by atoms with van der Waals surface area (Å²) in [5.74, 6) is -0.0606. The molecule has 98 valence electrons. The second kappa shape index (κ2) is 5.10. The highest BCUT2D eigenvalue weighted by Crippen LogP contribution is 2.27. The van der Waals surface area contributed by atoms with Gasteiger partial charge >= 0.3 is 0 Å². The molecule has 0 aliphatic carbocycles. The number of rotatable bonds is 2. The summed E-state index contributed by atoms with van der Waals surface area (Å²) in [4.78, 5) is 12.6. The van der Waals surface area contributed by atoms with Crippen molar-refractivity contribution in [3.63, 3.8) is 0 Å². The summed E-state index contributed by atoms with van der Waals surface area (Å²) in [6.07, 6.45) is 0. The highest BCUT2D eigenvalue weighted by molar-refractivity contribution is 9.10. The van der Waals surface area contributed by atoms with E-state index in [0.29, 0.717) is 16.8 Å². The molecule has 2 N–H and O–H groups in total. The van der Waals surface area contributed by atoms with E-state index in [2.05, 4.69) is 15.9 Å². The van der Waals surface area contributed by atoms with E-state index in [0.717, 1.165) is 15.2 Å². The fourth-order valence-electron chi connectivity index (χ4n) is 2.28. The maximum atomic E-state index is 12.6. The van der Waals surface area contributed by atoms with Crippen molar-refractivity contribution < 1.29 is 4.79 Å². The van der Waals surface area contributed by atoms with E-state index in [1.807, 2.05) is 42.5 Å². The Morgan fingerprint density at radius 3 is 2.55 bits per heavy atom. The molecule has 3 aromatic carbocycles. The second-order valence-corrected chi connectivity index (χ2v) is 5.50. The number of carbonyl (C=O) groups is 1. The van der Waals surface area contributed by atoms with Crippen LogP contribution >= 0.6 is 15.9 Å². The SMILES string of the molecule is Nc1c(C(=O)c2cccc(Br)c2)ccc2ccccc12. The van der Waals surface area contributed by atoms with Crippen molar-refractivity contribution in [3.8, 4) is 0 Å². The molecule has 2 nitrogen and oxygen atoms in total. The lowest BCUT2D eigenvalue weighted by atomic mass is 9.98. The van der Waals surface area contributed by atoms with Crippen LogP contribution in [0.25, 0.3) is 10.8 Å². The van der Waals surface area contributed by atoms with Crippen molar-refractivity contribution in [1.82, 2.24) is 0 Å². The van der Waals surface area contributed by atoms with E-state index < -0.39 is 0 Å². The summed E-state index contributed by atoms with van der Waals surface area (Å²) in [5, 5.41) is 1.95. The van der Waals surface area contributed by atoms with Gasteiger partial charge in [0.2, 0.25) is 0 Å². The highest BCUT2D eigenvalue weighted by Gasteiger charge is 2.14. The Balaban J connectivity index is 2.15. The van der Waals surface area contributed by atoms with Crippen molar-refractivity contribution in [3.05, 3.63) is 76.3 Å². The monoisotopic (exact) mass is 325 g/mol. The summed E-state index contributed by atoms with van der Waals surface area (Å²) < 4.78 is 0.878. The molecular weight excluding hydrogens is 314 g/mol. The van der Waals surface area contributed by atoms with Gasteiger partial charge in [0.1, 0.15) is 0 Å². The lowest BCUT2D eigenvalue weighted by Crippen LogP contribution is -2.05. The lowest BCUT2D eigenvalue weighted by molar-refractivity contribution is 0.103. The van der Waals surface area contributed by atoms with E-state index in [4.69, 9.17) is 5.73 Å². The minimum absolute atomic E-state index is 0.0606. The van der Waals surface area contributed by atoms with Crippen LogP contribution in [0.4, 0.5) is 5.69 Å². The summed E-state index contributed by atoms with van der Waals surface area (Å²) in [6.45, 7) is 0. The fourth-order valence-corrected chi connectivity index (χ4v) is 2.68. The third-order valence-corrected chi connectivity index (χ3v) is 3.80. The van der Waals surface area contributed by atoms with Gasteiger partial charge in [-0.05, 0) is 23.6 Å². The van der Waals surface area contributed by atoms with Crippen LogP contribution in [-0.2, 0) is 0 Å². The number of ketones is 1. The predicted molar refractivity (Wildman–Crippen MR) is 85.9 cm³/mol. The van der Waals surface area contributed by atoms with Gasteiger partial charge in [0.05, 0.1) is 5.69 Å². The van der Waals surface area contributed by atoms with Crippen molar-refractivity contribution >= 4 is 38.2 Å². The standard InChI is InChI=1S/C17H12BrNO/c18-13-6-3-5-12(10-13)17(20)15-9-8-11-4-1-2-7-14(11)16(15)19/h1-10H,19H2. The Labute approximate surface area is 125 Å². The highest BCUT2D eigenvalue weighted by atomic mass is 79.9. The molecule has 0 radical (unpaired) electrons. The van der Waals surface area contributed by atoms with Crippen LogP contribution in [0.3, 0.4) is 0 Å². The summed E-state index contributed by atoms with van der Waals surface area (Å²) in [5.41, 5.74) is 7.87. The van der Waals surface area contributed by atoms with E-state index in [-0.39, 0.29) is 5.78 Å². The number of hydrogen-bond acceptors (Lipinski definition) is 2. The number of nitrogens with two attached hydrogens (primary N) is 1. The molecule has 0 saturated heterocycles. The summed E-state index contributed by atoms with van der Waals surface area (Å²) >= 11 is 3.38. The van der Waals surface area contributed by atoms with E-state index in [9.17, 15) is 4.79 Å². The van der Waals surface area contributed by atoms with Gasteiger partial charge in [0.25, 0.3) is 0 Å². The van der Waals surface area contributed by atoms with E-state index >= 15 is 0 Å². The van der Waals surface area contributed by atoms with Crippen LogP contribution in [0.15, 0.2) is 65.1 Å². The van der Waals surface area contributed by atoms with Crippen molar-refractivity contribution in [2.75, 3.05) is 5.73 Å². The first-order chi connectivity index (χ1) is 9.66. The van der Waals surface area contributed by atoms with Crippen LogP contribution in [0.1, 0.15) is 15.9 Å². The third-order valence-electron chi connectivity index (χ3n) is 3.30. The number of fused-ring (bicyclic) bond motifs is 1. The summed E-state index contributed by atoms with van der Waals surface area (Å²) in [6, 6.07) is 18.8. The second-order valence-electron chi connectivity index (χ2n) is 4.59. The first-order valence-electron chi connectivity index (χ1n) is 6.24. The van der Waals surface area contributed by atoms with Gasteiger partial charge in [-0.1, -0.05) is 58.4 Å². The number of carbonyl (C=O) groups excluding carboxylic acids is 1. The maximum absolute atomic E-state index is 12.6. The summed E-state index contributed by atoms with van der Waals surface area (Å²) in [7, 11) is 0. The van der Waals surface area contributed by atoms with Crippen LogP contribution < -0.4 is 5.73 Å². The molecule has 0 bridgehead atoms. The molecule has 0 spiro atoms. The van der Waals surface area contributed by atoms with Gasteiger partial charge in [-0.2, -0.15) is 0 Å². The topological polar surface area (TPSA) is 43.1 Å². The van der Waals surface area contributed by atoms with E-state index in [1.54, 1.807) is 18.2 Å². The molecular formula is C17H12BrNO. The molecule has 0 heterocycles. The fraction of sp³-hybridized carbons (Fsp3) is 0. The lowest BCUT2D eigenvalue weighted by Gasteiger charge is -2.08. The molecule has 3 rings (SSSR count). The molecule has 0 amide bonds. The molecule has 0 aromatic heterocycles. The number of hydrogen-bond donors (Lipinski definition) is 1. The molecule has 0 aliphatic heterocycles. The molecule has 0 atom stereocenters. The average Bonchev–Trinajstić information content (AvgIpc) is 2.47. The molecule has 20 heavy (non-hydrogen) atoms. The number of benzene rings is 3. The molecule has 0 fully saturated rings. The third kappa shape index (κ3) is 2.21. The molecule has 0 aliphatic rings. The Bertz CT molecular complexity index is 811. The number of halogens is 1. The Hall–Kier alpha value is -2.13. The average molecular weight is 326 g/mol. The van der Waals surface area contributed by atoms with Gasteiger partial charge in [-0.25, -0.2) is 0 Å². The number of nitrogen functional groups attached to an aromatic ring is 1. The zero-order valence-corrected chi connectivity index (χ0v) is 12.2. The largest absolute Gasteiger partial charge is 0.398 e. The van der Waals surface area contributed by atoms with Crippen LogP contribution in [0.5, 0.6) is 0 Å². The molecule has 3 aromatic rings.